The summed E-state index contributed by atoms with van der Waals surface area (Å²) in [6.45, 7) is 1.53. The zero-order chi connectivity index (χ0) is 19.8. The molecular formula is C22H29N5O2. The molecule has 0 aromatic carbocycles. The molecule has 2 aliphatic heterocycles. The van der Waals surface area contributed by atoms with Gasteiger partial charge >= 0.3 is 0 Å². The number of imidazole rings is 1. The Morgan fingerprint density at radius 3 is 2.86 bits per heavy atom. The van der Waals surface area contributed by atoms with E-state index in [9.17, 15) is 9.59 Å². The molecule has 0 bridgehead atoms. The van der Waals surface area contributed by atoms with Crippen LogP contribution in [0.15, 0.2) is 30.9 Å². The molecule has 0 radical (unpaired) electrons. The van der Waals surface area contributed by atoms with Crippen LogP contribution in [0, 0.1) is 0 Å². The van der Waals surface area contributed by atoms with Crippen molar-refractivity contribution in [2.45, 2.75) is 69.0 Å². The van der Waals surface area contributed by atoms with E-state index in [1.807, 2.05) is 16.5 Å². The average Bonchev–Trinajstić information content (AvgIpc) is 3.35. The van der Waals surface area contributed by atoms with E-state index in [4.69, 9.17) is 0 Å². The van der Waals surface area contributed by atoms with E-state index in [2.05, 4.69) is 20.5 Å². The van der Waals surface area contributed by atoms with Gasteiger partial charge in [-0.25, -0.2) is 4.98 Å². The number of rotatable bonds is 5. The van der Waals surface area contributed by atoms with Gasteiger partial charge in [0.25, 0.3) is 5.91 Å². The monoisotopic (exact) mass is 395 g/mol. The van der Waals surface area contributed by atoms with Gasteiger partial charge in [-0.05, 0) is 63.6 Å². The summed E-state index contributed by atoms with van der Waals surface area (Å²) >= 11 is 0. The number of carbonyl (C=O) groups is 2. The molecule has 7 nitrogen and oxygen atoms in total. The van der Waals surface area contributed by atoms with Gasteiger partial charge in [0.05, 0.1) is 35.2 Å². The molecule has 2 N–H and O–H groups in total. The summed E-state index contributed by atoms with van der Waals surface area (Å²) in [5.74, 6) is 0.0428. The molecular weight excluding hydrogens is 366 g/mol. The highest BCUT2D eigenvalue weighted by Gasteiger charge is 2.44. The Labute approximate surface area is 170 Å². The summed E-state index contributed by atoms with van der Waals surface area (Å²) in [5, 5.41) is 6.38. The first-order valence-electron chi connectivity index (χ1n) is 10.9. The maximum atomic E-state index is 13.1. The quantitative estimate of drug-likeness (QED) is 0.813. The summed E-state index contributed by atoms with van der Waals surface area (Å²) in [5.41, 5.74) is 1.26. The number of carbonyl (C=O) groups excluding carboxylic acids is 2. The highest BCUT2D eigenvalue weighted by molar-refractivity contribution is 5.94. The molecule has 2 saturated heterocycles. The Hall–Kier alpha value is -2.41. The number of fused-ring (bicyclic) bond motifs is 2. The molecule has 4 heterocycles. The fourth-order valence-electron chi connectivity index (χ4n) is 5.24. The van der Waals surface area contributed by atoms with Crippen LogP contribution in [0.1, 0.15) is 61.7 Å². The number of piperidine rings is 1. The first kappa shape index (κ1) is 18.6. The van der Waals surface area contributed by atoms with E-state index in [1.54, 1.807) is 18.7 Å². The molecule has 2 unspecified atom stereocenters. The van der Waals surface area contributed by atoms with Crippen LogP contribution in [0.4, 0.5) is 0 Å². The Morgan fingerprint density at radius 2 is 2.03 bits per heavy atom. The predicted octanol–water partition coefficient (Wildman–Crippen LogP) is 2.12. The normalized spacial score (nSPS) is 25.9. The topological polar surface area (TPSA) is 78.7 Å². The number of aromatic nitrogens is 2. The number of hydrogen-bond acceptors (Lipinski definition) is 4. The Bertz CT molecular complexity index is 919. The highest BCUT2D eigenvalue weighted by atomic mass is 16.2. The second kappa shape index (κ2) is 7.44. The molecule has 3 aliphatic rings. The molecule has 2 aromatic rings. The van der Waals surface area contributed by atoms with E-state index < -0.39 is 0 Å². The lowest BCUT2D eigenvalue weighted by Crippen LogP contribution is -2.62. The largest absolute Gasteiger partial charge is 0.350 e. The van der Waals surface area contributed by atoms with Crippen molar-refractivity contribution in [2.24, 2.45) is 0 Å². The molecule has 2 aromatic heterocycles. The second-order valence-corrected chi connectivity index (χ2v) is 8.93. The van der Waals surface area contributed by atoms with Gasteiger partial charge in [0.1, 0.15) is 0 Å². The lowest BCUT2D eigenvalue weighted by atomic mass is 9.76. The number of amides is 2. The van der Waals surface area contributed by atoms with Crippen LogP contribution >= 0.6 is 0 Å². The van der Waals surface area contributed by atoms with Crippen molar-refractivity contribution in [1.29, 1.82) is 0 Å². The minimum absolute atomic E-state index is 0.0112. The molecule has 3 fully saturated rings. The number of nitrogens with zero attached hydrogens (tertiary/aromatic N) is 3. The minimum Gasteiger partial charge on any atom is -0.350 e. The third kappa shape index (κ3) is 3.52. The van der Waals surface area contributed by atoms with E-state index >= 15 is 0 Å². The van der Waals surface area contributed by atoms with Gasteiger partial charge in [-0.1, -0.05) is 6.42 Å². The van der Waals surface area contributed by atoms with Gasteiger partial charge in [0.2, 0.25) is 5.91 Å². The maximum absolute atomic E-state index is 13.1. The van der Waals surface area contributed by atoms with Gasteiger partial charge in [-0.15, -0.1) is 0 Å². The molecule has 1 saturated carbocycles. The van der Waals surface area contributed by atoms with Gasteiger partial charge in [0, 0.05) is 18.8 Å². The molecule has 7 heteroatoms. The summed E-state index contributed by atoms with van der Waals surface area (Å²) in [4.78, 5) is 32.2. The number of nitrogens with one attached hydrogen (secondary N) is 2. The summed E-state index contributed by atoms with van der Waals surface area (Å²) in [6.07, 6.45) is 14.0. The van der Waals surface area contributed by atoms with Gasteiger partial charge < -0.3 is 15.0 Å². The first-order valence-corrected chi connectivity index (χ1v) is 10.9. The number of hydrogen-bond donors (Lipinski definition) is 2. The molecule has 1 aliphatic carbocycles. The van der Waals surface area contributed by atoms with Crippen LogP contribution < -0.4 is 10.6 Å². The molecule has 154 valence electrons. The highest BCUT2D eigenvalue weighted by Crippen LogP contribution is 2.34. The van der Waals surface area contributed by atoms with Crippen molar-refractivity contribution in [3.05, 3.63) is 36.4 Å². The van der Waals surface area contributed by atoms with Gasteiger partial charge in [-0.2, -0.15) is 0 Å². The second-order valence-electron chi connectivity index (χ2n) is 8.93. The van der Waals surface area contributed by atoms with Crippen LogP contribution in [-0.2, 0) is 4.79 Å². The lowest BCUT2D eigenvalue weighted by molar-refractivity contribution is -0.129. The smallest absolute Gasteiger partial charge is 0.252 e. The molecule has 29 heavy (non-hydrogen) atoms. The number of pyridine rings is 1. The fraction of sp³-hybridized carbons (Fsp3) is 0.591. The zero-order valence-corrected chi connectivity index (χ0v) is 16.8. The van der Waals surface area contributed by atoms with E-state index in [1.165, 1.54) is 19.3 Å². The fourth-order valence-corrected chi connectivity index (χ4v) is 5.24. The molecule has 2 atom stereocenters. The SMILES string of the molecule is O=C(NCC1(NC(=O)C2CCC3CCCCN32)CCC1)c1ccc2cncn2c1. The van der Waals surface area contributed by atoms with Crippen molar-refractivity contribution in [3.63, 3.8) is 0 Å². The third-order valence-corrected chi connectivity index (χ3v) is 7.11. The van der Waals surface area contributed by atoms with Gasteiger partial charge in [0.15, 0.2) is 0 Å². The Morgan fingerprint density at radius 1 is 1.14 bits per heavy atom. The minimum atomic E-state index is -0.292. The van der Waals surface area contributed by atoms with Crippen molar-refractivity contribution < 1.29 is 9.59 Å². The van der Waals surface area contributed by atoms with Crippen molar-refractivity contribution in [2.75, 3.05) is 13.1 Å². The average molecular weight is 396 g/mol. The standard InChI is InChI=1S/C22H29N5O2/c28-20(16-5-6-18-12-23-15-26(18)13-16)24-14-22(9-3-10-22)25-21(29)19-8-7-17-4-1-2-11-27(17)19/h5-6,12-13,15,17,19H,1-4,7-11,14H2,(H,24,28)(H,25,29). The molecule has 5 rings (SSSR count). The lowest BCUT2D eigenvalue weighted by Gasteiger charge is -2.44. The Kier molecular flexibility index (Phi) is 4.78. The van der Waals surface area contributed by atoms with Crippen LogP contribution in [0.5, 0.6) is 0 Å². The van der Waals surface area contributed by atoms with E-state index in [0.29, 0.717) is 18.2 Å². The van der Waals surface area contributed by atoms with E-state index in [-0.39, 0.29) is 23.4 Å². The van der Waals surface area contributed by atoms with Gasteiger partial charge in [-0.3, -0.25) is 14.5 Å². The molecule has 2 amide bonds. The van der Waals surface area contributed by atoms with Crippen molar-refractivity contribution >= 4 is 17.3 Å². The van der Waals surface area contributed by atoms with Crippen LogP contribution in [0.25, 0.3) is 5.52 Å². The third-order valence-electron chi connectivity index (χ3n) is 7.11. The maximum Gasteiger partial charge on any atom is 0.252 e. The molecule has 0 spiro atoms. The van der Waals surface area contributed by atoms with Crippen LogP contribution in [0.3, 0.4) is 0 Å². The summed E-state index contributed by atoms with van der Waals surface area (Å²) in [6, 6.07) is 4.30. The Balaban J connectivity index is 1.21. The van der Waals surface area contributed by atoms with Crippen LogP contribution in [0.2, 0.25) is 0 Å². The summed E-state index contributed by atoms with van der Waals surface area (Å²) in [7, 11) is 0. The summed E-state index contributed by atoms with van der Waals surface area (Å²) < 4.78 is 1.84. The van der Waals surface area contributed by atoms with Crippen LogP contribution in [-0.4, -0.2) is 56.8 Å². The predicted molar refractivity (Wildman–Crippen MR) is 110 cm³/mol. The first-order chi connectivity index (χ1) is 14.1. The van der Waals surface area contributed by atoms with Crippen molar-refractivity contribution in [3.8, 4) is 0 Å². The zero-order valence-electron chi connectivity index (χ0n) is 16.8. The van der Waals surface area contributed by atoms with Crippen molar-refractivity contribution in [1.82, 2.24) is 24.9 Å². The van der Waals surface area contributed by atoms with E-state index in [0.717, 1.165) is 44.2 Å².